The van der Waals surface area contributed by atoms with Crippen LogP contribution in [0.15, 0.2) is 30.3 Å². The van der Waals surface area contributed by atoms with Crippen molar-refractivity contribution in [2.45, 2.75) is 44.6 Å². The van der Waals surface area contributed by atoms with E-state index in [1.54, 1.807) is 13.8 Å². The van der Waals surface area contributed by atoms with Crippen molar-refractivity contribution in [3.63, 3.8) is 0 Å². The number of halogens is 3. The first-order valence-electron chi connectivity index (χ1n) is 9.26. The second-order valence-corrected chi connectivity index (χ2v) is 6.97. The fourth-order valence-corrected chi connectivity index (χ4v) is 2.95. The number of quaternary nitrogens is 1. The zero-order chi connectivity index (χ0) is 23.9. The van der Waals surface area contributed by atoms with E-state index in [1.807, 2.05) is 30.3 Å². The Bertz CT molecular complexity index is 801. The van der Waals surface area contributed by atoms with Gasteiger partial charge in [-0.05, 0) is 19.4 Å². The second-order valence-electron chi connectivity index (χ2n) is 6.97. The SMILES string of the molecule is C[C@H]([NH3+])C(=O)N1CCN([C@@H](Cc2ccccc2)C(=O)O)C(=O)[C@@H]1C.O=C([O-])C(F)(F)F. The fraction of sp³-hybridized carbons (Fsp3) is 0.474. The molecule has 172 valence electrons. The predicted octanol–water partition coefficient (Wildman–Crippen LogP) is -1.33. The van der Waals surface area contributed by atoms with Crippen molar-refractivity contribution in [2.24, 2.45) is 0 Å². The maximum absolute atomic E-state index is 12.6. The Labute approximate surface area is 176 Å². The molecule has 31 heavy (non-hydrogen) atoms. The minimum atomic E-state index is -5.19. The standard InChI is InChI=1S/C17H23N3O4.C2HF3O2/c1-11(18)15(21)19-8-9-20(16(22)12(19)2)14(17(23)24)10-13-6-4-3-5-7-13;3-2(4,5)1(6)7/h3-7,11-12,14H,8-10,18H2,1-2H3,(H,23,24);(H,6,7)/t11-,12-,14-;/m0./s1. The number of carbonyl (C=O) groups is 4. The summed E-state index contributed by atoms with van der Waals surface area (Å²) in [6.45, 7) is 3.85. The summed E-state index contributed by atoms with van der Waals surface area (Å²) in [5, 5.41) is 18.4. The third-order valence-corrected chi connectivity index (χ3v) is 4.56. The average Bonchev–Trinajstić information content (AvgIpc) is 2.68. The Balaban J connectivity index is 0.000000592. The predicted molar refractivity (Wildman–Crippen MR) is 97.9 cm³/mol. The summed E-state index contributed by atoms with van der Waals surface area (Å²) in [5.41, 5.74) is 4.56. The number of carboxylic acids is 2. The first kappa shape index (κ1) is 25.9. The van der Waals surface area contributed by atoms with Crippen LogP contribution in [0.4, 0.5) is 13.2 Å². The molecule has 12 heteroatoms. The van der Waals surface area contributed by atoms with Crippen LogP contribution in [-0.2, 0) is 25.6 Å². The number of hydrogen-bond donors (Lipinski definition) is 2. The molecule has 0 radical (unpaired) electrons. The van der Waals surface area contributed by atoms with Crippen LogP contribution in [0.3, 0.4) is 0 Å². The molecule has 1 aliphatic rings. The lowest BCUT2D eigenvalue weighted by atomic mass is 10.0. The highest BCUT2D eigenvalue weighted by molar-refractivity contribution is 5.92. The van der Waals surface area contributed by atoms with Gasteiger partial charge >= 0.3 is 12.1 Å². The van der Waals surface area contributed by atoms with Gasteiger partial charge in [0.25, 0.3) is 5.91 Å². The summed E-state index contributed by atoms with van der Waals surface area (Å²) in [6, 6.07) is 7.17. The first-order chi connectivity index (χ1) is 14.3. The molecule has 0 aromatic heterocycles. The Hall–Kier alpha value is -3.15. The summed E-state index contributed by atoms with van der Waals surface area (Å²) in [7, 11) is 0. The van der Waals surface area contributed by atoms with Gasteiger partial charge in [-0.2, -0.15) is 13.2 Å². The van der Waals surface area contributed by atoms with Gasteiger partial charge in [-0.15, -0.1) is 0 Å². The van der Waals surface area contributed by atoms with Crippen LogP contribution >= 0.6 is 0 Å². The van der Waals surface area contributed by atoms with Gasteiger partial charge < -0.3 is 30.5 Å². The molecule has 1 aromatic carbocycles. The van der Waals surface area contributed by atoms with Crippen LogP contribution < -0.4 is 10.8 Å². The van der Waals surface area contributed by atoms with Gasteiger partial charge in [0.05, 0.1) is 0 Å². The van der Waals surface area contributed by atoms with Gasteiger partial charge in [0, 0.05) is 19.5 Å². The number of carboxylic acid groups (broad SMARTS) is 2. The third kappa shape index (κ3) is 7.24. The fourth-order valence-electron chi connectivity index (χ4n) is 2.95. The largest absolute Gasteiger partial charge is 0.542 e. The van der Waals surface area contributed by atoms with Crippen molar-refractivity contribution >= 4 is 23.8 Å². The van der Waals surface area contributed by atoms with E-state index < -0.39 is 36.2 Å². The van der Waals surface area contributed by atoms with Crippen molar-refractivity contribution in [2.75, 3.05) is 13.1 Å². The van der Waals surface area contributed by atoms with Gasteiger partial charge in [-0.3, -0.25) is 9.59 Å². The molecular formula is C19H24F3N3O6. The van der Waals surface area contributed by atoms with E-state index in [0.29, 0.717) is 6.54 Å². The Morgan fingerprint density at radius 3 is 2.16 bits per heavy atom. The number of rotatable bonds is 5. The molecule has 0 bridgehead atoms. The van der Waals surface area contributed by atoms with E-state index in [9.17, 15) is 32.7 Å². The molecular weight excluding hydrogens is 423 g/mol. The summed E-state index contributed by atoms with van der Waals surface area (Å²) < 4.78 is 31.5. The highest BCUT2D eigenvalue weighted by Crippen LogP contribution is 2.18. The molecule has 1 fully saturated rings. The van der Waals surface area contributed by atoms with Crippen LogP contribution in [0.25, 0.3) is 0 Å². The van der Waals surface area contributed by atoms with E-state index in [4.69, 9.17) is 9.90 Å². The Morgan fingerprint density at radius 2 is 1.74 bits per heavy atom. The maximum atomic E-state index is 12.6. The zero-order valence-corrected chi connectivity index (χ0v) is 17.0. The summed E-state index contributed by atoms with van der Waals surface area (Å²) in [4.78, 5) is 48.1. The third-order valence-electron chi connectivity index (χ3n) is 4.56. The van der Waals surface area contributed by atoms with Crippen molar-refractivity contribution in [1.29, 1.82) is 0 Å². The van der Waals surface area contributed by atoms with Crippen molar-refractivity contribution < 1.29 is 48.3 Å². The second kappa shape index (κ2) is 10.8. The van der Waals surface area contributed by atoms with Crippen molar-refractivity contribution in [3.05, 3.63) is 35.9 Å². The van der Waals surface area contributed by atoms with Gasteiger partial charge in [-0.25, -0.2) is 4.79 Å². The number of nitrogens with zero attached hydrogens (tertiary/aromatic N) is 2. The normalized spacial score (nSPS) is 18.5. The molecule has 1 aliphatic heterocycles. The number of hydrogen-bond acceptors (Lipinski definition) is 5. The Kier molecular flexibility index (Phi) is 8.98. The number of alkyl halides is 3. The first-order valence-corrected chi connectivity index (χ1v) is 9.26. The lowest BCUT2D eigenvalue weighted by molar-refractivity contribution is -0.400. The van der Waals surface area contributed by atoms with Gasteiger partial charge in [0.2, 0.25) is 5.91 Å². The highest BCUT2D eigenvalue weighted by atomic mass is 19.4. The lowest BCUT2D eigenvalue weighted by Gasteiger charge is -2.41. The summed E-state index contributed by atoms with van der Waals surface area (Å²) >= 11 is 0. The molecule has 0 saturated carbocycles. The molecule has 0 spiro atoms. The van der Waals surface area contributed by atoms with Crippen LogP contribution in [0.5, 0.6) is 0 Å². The minimum Gasteiger partial charge on any atom is -0.542 e. The molecule has 4 N–H and O–H groups in total. The smallest absolute Gasteiger partial charge is 0.430 e. The quantitative estimate of drug-likeness (QED) is 0.572. The lowest BCUT2D eigenvalue weighted by Crippen LogP contribution is -2.70. The topological polar surface area (TPSA) is 146 Å². The molecule has 3 atom stereocenters. The molecule has 2 rings (SSSR count). The molecule has 2 amide bonds. The highest BCUT2D eigenvalue weighted by Gasteiger charge is 2.40. The van der Waals surface area contributed by atoms with E-state index in [-0.39, 0.29) is 24.8 Å². The van der Waals surface area contributed by atoms with Crippen LogP contribution in [0.2, 0.25) is 0 Å². The van der Waals surface area contributed by atoms with E-state index in [2.05, 4.69) is 5.73 Å². The molecule has 9 nitrogen and oxygen atoms in total. The minimum absolute atomic E-state index is 0.189. The number of carbonyl (C=O) groups excluding carboxylic acids is 3. The van der Waals surface area contributed by atoms with Gasteiger partial charge in [0.15, 0.2) is 6.04 Å². The van der Waals surface area contributed by atoms with Crippen molar-refractivity contribution in [1.82, 2.24) is 9.80 Å². The molecule has 1 aromatic rings. The molecule has 0 aliphatic carbocycles. The summed E-state index contributed by atoms with van der Waals surface area (Å²) in [5.74, 6) is -4.57. The molecule has 0 unspecified atom stereocenters. The number of amides is 2. The zero-order valence-electron chi connectivity index (χ0n) is 17.0. The van der Waals surface area contributed by atoms with Gasteiger partial charge in [0.1, 0.15) is 18.1 Å². The summed E-state index contributed by atoms with van der Waals surface area (Å²) in [6.07, 6.45) is -4.95. The van der Waals surface area contributed by atoms with Crippen molar-refractivity contribution in [3.8, 4) is 0 Å². The van der Waals surface area contributed by atoms with E-state index in [0.717, 1.165) is 5.56 Å². The molecule has 1 saturated heterocycles. The number of piperazine rings is 1. The number of aliphatic carboxylic acids is 2. The monoisotopic (exact) mass is 447 g/mol. The average molecular weight is 447 g/mol. The maximum Gasteiger partial charge on any atom is 0.430 e. The van der Waals surface area contributed by atoms with Crippen LogP contribution in [0.1, 0.15) is 19.4 Å². The van der Waals surface area contributed by atoms with E-state index >= 15 is 0 Å². The van der Waals surface area contributed by atoms with E-state index in [1.165, 1.54) is 9.80 Å². The van der Waals surface area contributed by atoms with Crippen LogP contribution in [-0.4, -0.2) is 76.1 Å². The molecule has 1 heterocycles. The van der Waals surface area contributed by atoms with Gasteiger partial charge in [-0.1, -0.05) is 30.3 Å². The Morgan fingerprint density at radius 1 is 1.23 bits per heavy atom. The van der Waals surface area contributed by atoms with Crippen LogP contribution in [0, 0.1) is 0 Å². The number of benzene rings is 1.